The summed E-state index contributed by atoms with van der Waals surface area (Å²) in [6.45, 7) is 0.363. The molecule has 0 bridgehead atoms. The van der Waals surface area contributed by atoms with Crippen molar-refractivity contribution in [2.75, 3.05) is 6.54 Å². The Morgan fingerprint density at radius 2 is 1.70 bits per heavy atom. The lowest BCUT2D eigenvalue weighted by atomic mass is 9.92. The minimum Gasteiger partial charge on any atom is -0.458 e. The van der Waals surface area contributed by atoms with Gasteiger partial charge in [0, 0.05) is 17.8 Å². The zero-order chi connectivity index (χ0) is 13.9. The van der Waals surface area contributed by atoms with Crippen LogP contribution < -0.4 is 5.73 Å². The van der Waals surface area contributed by atoms with Gasteiger partial charge in [-0.2, -0.15) is 0 Å². The van der Waals surface area contributed by atoms with Gasteiger partial charge in [-0.05, 0) is 17.7 Å². The maximum atomic E-state index is 10.6. The van der Waals surface area contributed by atoms with Crippen LogP contribution in [-0.2, 0) is 0 Å². The van der Waals surface area contributed by atoms with Crippen LogP contribution in [0, 0.1) is 0 Å². The standard InChI is InChI=1S/C17H17NO2/c18-11-14(12-6-2-1-3-7-12)17(19)16-10-13-8-4-5-9-15(13)20-16/h1-10,14,17,19H,11,18H2. The Kier molecular flexibility index (Phi) is 3.54. The van der Waals surface area contributed by atoms with Crippen molar-refractivity contribution < 1.29 is 9.52 Å². The van der Waals surface area contributed by atoms with Crippen LogP contribution in [-0.4, -0.2) is 11.7 Å². The number of fused-ring (bicyclic) bond motifs is 1. The largest absolute Gasteiger partial charge is 0.458 e. The van der Waals surface area contributed by atoms with Crippen LogP contribution in [0.25, 0.3) is 11.0 Å². The van der Waals surface area contributed by atoms with Crippen LogP contribution >= 0.6 is 0 Å². The molecule has 0 amide bonds. The molecule has 0 saturated carbocycles. The molecule has 2 aromatic carbocycles. The molecule has 2 unspecified atom stereocenters. The summed E-state index contributed by atoms with van der Waals surface area (Å²) >= 11 is 0. The van der Waals surface area contributed by atoms with Crippen LogP contribution in [0.3, 0.4) is 0 Å². The Hall–Kier alpha value is -2.10. The first-order chi connectivity index (χ1) is 9.79. The molecule has 3 aromatic rings. The minimum absolute atomic E-state index is 0.170. The highest BCUT2D eigenvalue weighted by molar-refractivity contribution is 5.77. The molecular weight excluding hydrogens is 250 g/mol. The number of furan rings is 1. The van der Waals surface area contributed by atoms with Crippen molar-refractivity contribution in [3.63, 3.8) is 0 Å². The molecule has 3 rings (SSSR count). The van der Waals surface area contributed by atoms with Gasteiger partial charge in [0.15, 0.2) is 0 Å². The summed E-state index contributed by atoms with van der Waals surface area (Å²) in [5.41, 5.74) is 7.64. The number of nitrogens with two attached hydrogens (primary N) is 1. The Morgan fingerprint density at radius 3 is 2.40 bits per heavy atom. The highest BCUT2D eigenvalue weighted by Gasteiger charge is 2.24. The second-order valence-corrected chi connectivity index (χ2v) is 4.88. The first-order valence-electron chi connectivity index (χ1n) is 6.71. The molecule has 0 aliphatic rings. The topological polar surface area (TPSA) is 59.4 Å². The fraction of sp³-hybridized carbons (Fsp3) is 0.176. The lowest BCUT2D eigenvalue weighted by Gasteiger charge is -2.20. The molecule has 20 heavy (non-hydrogen) atoms. The molecule has 0 aliphatic heterocycles. The smallest absolute Gasteiger partial charge is 0.134 e. The number of benzene rings is 2. The zero-order valence-electron chi connectivity index (χ0n) is 11.1. The molecule has 3 N–H and O–H groups in total. The van der Waals surface area contributed by atoms with Crippen molar-refractivity contribution in [3.8, 4) is 0 Å². The van der Waals surface area contributed by atoms with Gasteiger partial charge in [0.25, 0.3) is 0 Å². The van der Waals surface area contributed by atoms with Gasteiger partial charge in [-0.25, -0.2) is 0 Å². The van der Waals surface area contributed by atoms with E-state index in [-0.39, 0.29) is 5.92 Å². The fourth-order valence-electron chi connectivity index (χ4n) is 2.49. The van der Waals surface area contributed by atoms with E-state index in [9.17, 15) is 5.11 Å². The quantitative estimate of drug-likeness (QED) is 0.763. The summed E-state index contributed by atoms with van der Waals surface area (Å²) in [6.07, 6.45) is -0.741. The number of rotatable bonds is 4. The van der Waals surface area contributed by atoms with Gasteiger partial charge in [0.2, 0.25) is 0 Å². The van der Waals surface area contributed by atoms with E-state index in [1.54, 1.807) is 0 Å². The third-order valence-electron chi connectivity index (χ3n) is 3.60. The Balaban J connectivity index is 1.95. The normalized spacial score (nSPS) is 14.3. The SMILES string of the molecule is NCC(c1ccccc1)C(O)c1cc2ccccc2o1. The summed E-state index contributed by atoms with van der Waals surface area (Å²) in [6, 6.07) is 19.4. The van der Waals surface area contributed by atoms with E-state index in [0.29, 0.717) is 12.3 Å². The second-order valence-electron chi connectivity index (χ2n) is 4.88. The van der Waals surface area contributed by atoms with E-state index in [0.717, 1.165) is 16.5 Å². The zero-order valence-corrected chi connectivity index (χ0v) is 11.1. The highest BCUT2D eigenvalue weighted by atomic mass is 16.4. The fourth-order valence-corrected chi connectivity index (χ4v) is 2.49. The third kappa shape index (κ3) is 2.33. The van der Waals surface area contributed by atoms with E-state index in [1.807, 2.05) is 60.7 Å². The summed E-state index contributed by atoms with van der Waals surface area (Å²) < 4.78 is 5.73. The molecule has 0 saturated heterocycles. The molecule has 3 heteroatoms. The summed E-state index contributed by atoms with van der Waals surface area (Å²) in [7, 11) is 0. The second kappa shape index (κ2) is 5.49. The van der Waals surface area contributed by atoms with Crippen LogP contribution in [0.2, 0.25) is 0 Å². The van der Waals surface area contributed by atoms with Gasteiger partial charge in [0.05, 0.1) is 0 Å². The molecule has 0 radical (unpaired) electrons. The highest BCUT2D eigenvalue weighted by Crippen LogP contribution is 2.33. The molecule has 102 valence electrons. The predicted octanol–water partition coefficient (Wildman–Crippen LogP) is 3.21. The average Bonchev–Trinajstić information content (AvgIpc) is 2.93. The van der Waals surface area contributed by atoms with Crippen molar-refractivity contribution in [1.29, 1.82) is 0 Å². The van der Waals surface area contributed by atoms with Gasteiger partial charge < -0.3 is 15.3 Å². The van der Waals surface area contributed by atoms with Gasteiger partial charge in [-0.15, -0.1) is 0 Å². The molecule has 0 aliphatic carbocycles. The number of hydrogen-bond acceptors (Lipinski definition) is 3. The van der Waals surface area contributed by atoms with Gasteiger partial charge in [-0.3, -0.25) is 0 Å². The lowest BCUT2D eigenvalue weighted by molar-refractivity contribution is 0.124. The average molecular weight is 267 g/mol. The minimum atomic E-state index is -0.741. The van der Waals surface area contributed by atoms with Gasteiger partial charge in [-0.1, -0.05) is 48.5 Å². The maximum absolute atomic E-state index is 10.6. The first-order valence-corrected chi connectivity index (χ1v) is 6.71. The van der Waals surface area contributed by atoms with Crippen molar-refractivity contribution >= 4 is 11.0 Å². The van der Waals surface area contributed by atoms with Crippen molar-refractivity contribution in [2.24, 2.45) is 5.73 Å². The maximum Gasteiger partial charge on any atom is 0.134 e. The third-order valence-corrected chi connectivity index (χ3v) is 3.60. The van der Waals surface area contributed by atoms with E-state index in [1.165, 1.54) is 0 Å². The van der Waals surface area contributed by atoms with E-state index in [4.69, 9.17) is 10.2 Å². The summed E-state index contributed by atoms with van der Waals surface area (Å²) in [5, 5.41) is 11.6. The number of aliphatic hydroxyl groups is 1. The van der Waals surface area contributed by atoms with E-state index in [2.05, 4.69) is 0 Å². The number of para-hydroxylation sites is 1. The molecule has 0 fully saturated rings. The number of hydrogen-bond donors (Lipinski definition) is 2. The molecular formula is C17H17NO2. The van der Waals surface area contributed by atoms with Crippen molar-refractivity contribution in [1.82, 2.24) is 0 Å². The molecule has 3 nitrogen and oxygen atoms in total. The monoisotopic (exact) mass is 267 g/mol. The molecule has 1 aromatic heterocycles. The molecule has 1 heterocycles. The van der Waals surface area contributed by atoms with Crippen molar-refractivity contribution in [2.45, 2.75) is 12.0 Å². The summed E-state index contributed by atoms with van der Waals surface area (Å²) in [5.74, 6) is 0.391. The van der Waals surface area contributed by atoms with Crippen LogP contribution in [0.15, 0.2) is 65.1 Å². The Bertz CT molecular complexity index is 657. The molecule has 0 spiro atoms. The Labute approximate surface area is 117 Å². The predicted molar refractivity (Wildman–Crippen MR) is 79.4 cm³/mol. The van der Waals surface area contributed by atoms with Crippen LogP contribution in [0.1, 0.15) is 23.3 Å². The summed E-state index contributed by atoms with van der Waals surface area (Å²) in [4.78, 5) is 0. The first kappa shape index (κ1) is 12.9. The van der Waals surface area contributed by atoms with Crippen LogP contribution in [0.4, 0.5) is 0 Å². The van der Waals surface area contributed by atoms with E-state index >= 15 is 0 Å². The van der Waals surface area contributed by atoms with Gasteiger partial charge >= 0.3 is 0 Å². The lowest BCUT2D eigenvalue weighted by Crippen LogP contribution is -2.19. The van der Waals surface area contributed by atoms with Crippen LogP contribution in [0.5, 0.6) is 0 Å². The number of aliphatic hydroxyl groups excluding tert-OH is 1. The van der Waals surface area contributed by atoms with Crippen molar-refractivity contribution in [3.05, 3.63) is 72.0 Å². The van der Waals surface area contributed by atoms with Gasteiger partial charge in [0.1, 0.15) is 17.4 Å². The molecule has 2 atom stereocenters. The Morgan fingerprint density at radius 1 is 1.00 bits per heavy atom. The van der Waals surface area contributed by atoms with E-state index < -0.39 is 6.10 Å².